The summed E-state index contributed by atoms with van der Waals surface area (Å²) in [6.07, 6.45) is 1.69. The number of rotatable bonds is 3. The molecule has 0 spiro atoms. The van der Waals surface area contributed by atoms with Gasteiger partial charge < -0.3 is 0 Å². The van der Waals surface area contributed by atoms with Crippen LogP contribution in [0.2, 0.25) is 0 Å². The van der Waals surface area contributed by atoms with Crippen molar-refractivity contribution in [3.05, 3.63) is 65.9 Å². The van der Waals surface area contributed by atoms with Crippen LogP contribution >= 0.6 is 0 Å². The lowest BCUT2D eigenvalue weighted by Gasteiger charge is -2.16. The summed E-state index contributed by atoms with van der Waals surface area (Å²) >= 11 is 0. The van der Waals surface area contributed by atoms with Crippen molar-refractivity contribution in [2.75, 3.05) is 4.83 Å². The molecular weight excluding hydrogens is 348 g/mol. The molecule has 0 aliphatic carbocycles. The van der Waals surface area contributed by atoms with E-state index in [4.69, 9.17) is 0 Å². The Balaban J connectivity index is 2.15. The zero-order valence-electron chi connectivity index (χ0n) is 15.3. The summed E-state index contributed by atoms with van der Waals surface area (Å²) in [6, 6.07) is 14.2. The average molecular weight is 370 g/mol. The molecule has 0 unspecified atom stereocenters. The second-order valence-corrected chi connectivity index (χ2v) is 8.82. The first-order valence-electron chi connectivity index (χ1n) is 8.28. The first-order valence-corrected chi connectivity index (χ1v) is 9.76. The zero-order chi connectivity index (χ0) is 18.9. The molecule has 1 N–H and O–H groups in total. The number of nitrogens with zero attached hydrogens (tertiary/aromatic N) is 3. The topological polar surface area (TPSA) is 76.3 Å². The van der Waals surface area contributed by atoms with Gasteiger partial charge in [-0.1, -0.05) is 35.9 Å². The highest BCUT2D eigenvalue weighted by Gasteiger charge is 2.16. The molecule has 1 heterocycles. The summed E-state index contributed by atoms with van der Waals surface area (Å²) in [7, 11) is -3.76. The van der Waals surface area contributed by atoms with Crippen molar-refractivity contribution in [3.63, 3.8) is 0 Å². The molecule has 0 aliphatic heterocycles. The predicted octanol–water partition coefficient (Wildman–Crippen LogP) is 2.98. The van der Waals surface area contributed by atoms with Crippen LogP contribution in [0.4, 0.5) is 0 Å². The van der Waals surface area contributed by atoms with Gasteiger partial charge in [0, 0.05) is 11.6 Å². The summed E-state index contributed by atoms with van der Waals surface area (Å²) in [6.45, 7) is 7.71. The van der Waals surface area contributed by atoms with E-state index in [1.165, 1.54) is 4.68 Å². The van der Waals surface area contributed by atoms with Gasteiger partial charge in [0.2, 0.25) is 5.62 Å². The van der Waals surface area contributed by atoms with Gasteiger partial charge in [-0.3, -0.25) is 0 Å². The molecule has 0 aliphatic rings. The largest absolute Gasteiger partial charge is 0.275 e. The van der Waals surface area contributed by atoms with E-state index in [1.807, 2.05) is 52.0 Å². The van der Waals surface area contributed by atoms with E-state index in [0.29, 0.717) is 5.62 Å². The average Bonchev–Trinajstić information content (AvgIpc) is 2.54. The van der Waals surface area contributed by atoms with Crippen molar-refractivity contribution < 1.29 is 8.42 Å². The van der Waals surface area contributed by atoms with E-state index in [0.717, 1.165) is 16.5 Å². The fourth-order valence-electron chi connectivity index (χ4n) is 2.40. The molecule has 0 fully saturated rings. The highest BCUT2D eigenvalue weighted by atomic mass is 32.2. The van der Waals surface area contributed by atoms with Crippen LogP contribution in [0.1, 0.15) is 26.3 Å². The van der Waals surface area contributed by atoms with Crippen LogP contribution in [0.3, 0.4) is 0 Å². The van der Waals surface area contributed by atoms with E-state index in [9.17, 15) is 8.42 Å². The van der Waals surface area contributed by atoms with Gasteiger partial charge in [-0.25, -0.2) is 19.5 Å². The lowest BCUT2D eigenvalue weighted by atomic mass is 10.1. The third kappa shape index (κ3) is 4.11. The van der Waals surface area contributed by atoms with Crippen molar-refractivity contribution in [2.45, 2.75) is 38.1 Å². The Kier molecular flexibility index (Phi) is 4.58. The second kappa shape index (κ2) is 6.57. The molecule has 2 aromatic carbocycles. The molecular formula is C19H22N4O2S. The smallest absolute Gasteiger partial charge is 0.244 e. The first kappa shape index (κ1) is 18.1. The number of fused-ring (bicyclic) bond motifs is 1. The molecule has 7 heteroatoms. The van der Waals surface area contributed by atoms with Gasteiger partial charge in [0.15, 0.2) is 0 Å². The third-order valence-corrected chi connectivity index (χ3v) is 4.96. The number of sulfonamides is 1. The first-order chi connectivity index (χ1) is 12.1. The van der Waals surface area contributed by atoms with Gasteiger partial charge in [0.05, 0.1) is 16.0 Å². The lowest BCUT2D eigenvalue weighted by Crippen LogP contribution is -2.37. The quantitative estimate of drug-likeness (QED) is 0.770. The van der Waals surface area contributed by atoms with Gasteiger partial charge in [-0.05, 0) is 45.9 Å². The lowest BCUT2D eigenvalue weighted by molar-refractivity contribution is 0.544. The minimum atomic E-state index is -3.76. The number of aromatic nitrogens is 2. The van der Waals surface area contributed by atoms with Gasteiger partial charge >= 0.3 is 0 Å². The van der Waals surface area contributed by atoms with Gasteiger partial charge in [0.1, 0.15) is 0 Å². The fraction of sp³-hybridized carbons (Fsp3) is 0.263. The standard InChI is InChI=1S/C19H22N4O2S/c1-14-9-11-16(12-10-14)26(24,25)22-23-13-15-7-5-6-8-17(15)20-18(23)21-19(2,3)4/h5-13,22H,1-4H3. The molecule has 0 bridgehead atoms. The van der Waals surface area contributed by atoms with E-state index < -0.39 is 15.6 Å². The molecule has 1 aromatic heterocycles. The molecule has 0 saturated heterocycles. The van der Waals surface area contributed by atoms with Crippen molar-refractivity contribution in [2.24, 2.45) is 4.99 Å². The van der Waals surface area contributed by atoms with Gasteiger partial charge in [-0.2, -0.15) is 8.42 Å². The number of aryl methyl sites for hydroxylation is 1. The van der Waals surface area contributed by atoms with Crippen LogP contribution in [0.15, 0.2) is 64.6 Å². The van der Waals surface area contributed by atoms with Crippen molar-refractivity contribution in [1.82, 2.24) is 9.66 Å². The normalized spacial score (nSPS) is 13.2. The SMILES string of the molecule is Cc1ccc(S(=O)(=O)Nn2cc3ccccc3nc2=NC(C)(C)C)cc1. The van der Waals surface area contributed by atoms with E-state index in [-0.39, 0.29) is 4.90 Å². The maximum atomic E-state index is 12.8. The van der Waals surface area contributed by atoms with Crippen molar-refractivity contribution in [1.29, 1.82) is 0 Å². The Bertz CT molecular complexity index is 1110. The molecule has 3 aromatic rings. The summed E-state index contributed by atoms with van der Waals surface area (Å²) in [5.74, 6) is 0. The van der Waals surface area contributed by atoms with Crippen LogP contribution in [0.5, 0.6) is 0 Å². The highest BCUT2D eigenvalue weighted by Crippen LogP contribution is 2.12. The predicted molar refractivity (Wildman–Crippen MR) is 103 cm³/mol. The molecule has 26 heavy (non-hydrogen) atoms. The van der Waals surface area contributed by atoms with E-state index >= 15 is 0 Å². The number of nitrogens with one attached hydrogen (secondary N) is 1. The summed E-state index contributed by atoms with van der Waals surface area (Å²) in [4.78, 5) is 11.8. The summed E-state index contributed by atoms with van der Waals surface area (Å²) < 4.78 is 26.9. The number of hydrogen-bond acceptors (Lipinski definition) is 4. The number of para-hydroxylation sites is 1. The Hall–Kier alpha value is -2.67. The van der Waals surface area contributed by atoms with E-state index in [1.54, 1.807) is 30.5 Å². The van der Waals surface area contributed by atoms with Crippen LogP contribution < -0.4 is 10.4 Å². The van der Waals surface area contributed by atoms with Crippen LogP contribution in [-0.2, 0) is 10.0 Å². The molecule has 0 amide bonds. The second-order valence-electron chi connectivity index (χ2n) is 7.16. The molecule has 0 atom stereocenters. The number of benzene rings is 2. The van der Waals surface area contributed by atoms with E-state index in [2.05, 4.69) is 14.8 Å². The highest BCUT2D eigenvalue weighted by molar-refractivity contribution is 7.92. The van der Waals surface area contributed by atoms with Crippen LogP contribution in [0.25, 0.3) is 10.9 Å². The Morgan fingerprint density at radius 2 is 1.69 bits per heavy atom. The molecule has 0 radical (unpaired) electrons. The monoisotopic (exact) mass is 370 g/mol. The minimum absolute atomic E-state index is 0.186. The Morgan fingerprint density at radius 3 is 2.35 bits per heavy atom. The third-order valence-electron chi connectivity index (χ3n) is 3.63. The Labute approximate surface area is 153 Å². The Morgan fingerprint density at radius 1 is 1.04 bits per heavy atom. The maximum absolute atomic E-state index is 12.8. The van der Waals surface area contributed by atoms with Crippen LogP contribution in [-0.4, -0.2) is 23.6 Å². The van der Waals surface area contributed by atoms with Crippen molar-refractivity contribution in [3.8, 4) is 0 Å². The minimum Gasteiger partial charge on any atom is -0.244 e. The molecule has 136 valence electrons. The maximum Gasteiger partial charge on any atom is 0.275 e. The van der Waals surface area contributed by atoms with Gasteiger partial charge in [-0.15, -0.1) is 0 Å². The molecule has 0 saturated carbocycles. The summed E-state index contributed by atoms with van der Waals surface area (Å²) in [5, 5.41) is 0.812. The number of hydrogen-bond donors (Lipinski definition) is 1. The summed E-state index contributed by atoms with van der Waals surface area (Å²) in [5.41, 5.74) is 1.63. The van der Waals surface area contributed by atoms with Crippen LogP contribution in [0, 0.1) is 6.92 Å². The zero-order valence-corrected chi connectivity index (χ0v) is 16.1. The molecule has 6 nitrogen and oxygen atoms in total. The fourth-order valence-corrected chi connectivity index (χ4v) is 3.40. The molecule has 3 rings (SSSR count). The van der Waals surface area contributed by atoms with Crippen molar-refractivity contribution >= 4 is 20.9 Å². The van der Waals surface area contributed by atoms with Gasteiger partial charge in [0.25, 0.3) is 10.0 Å².